The van der Waals surface area contributed by atoms with Gasteiger partial charge < -0.3 is 4.57 Å². The fourth-order valence-corrected chi connectivity index (χ4v) is 10.6. The molecule has 3 heterocycles. The highest BCUT2D eigenvalue weighted by atomic mass is 15.2. The van der Waals surface area contributed by atoms with Crippen molar-refractivity contribution in [1.82, 2.24) is 24.1 Å². The molecule has 0 fully saturated rings. The molecule has 2 aliphatic carbocycles. The van der Waals surface area contributed by atoms with Gasteiger partial charge in [-0.1, -0.05) is 179 Å². The SMILES string of the molecule is CC1(C)CCC(C)(C)c2cc(C3C=C(n4c5ccccc5c5c6c7ccccc7n(-c7nc(-c8ccccc8)nc(-c8ccc(-c9ccccc9)cc8)n7)c6ccc54)C=CC3)ccc21. The Morgan fingerprint density at radius 1 is 0.469 bits per heavy atom. The van der Waals surface area contributed by atoms with Gasteiger partial charge in [0.1, 0.15) is 0 Å². The molecule has 0 saturated heterocycles. The zero-order chi connectivity index (χ0) is 43.2. The summed E-state index contributed by atoms with van der Waals surface area (Å²) in [4.78, 5) is 15.7. The highest BCUT2D eigenvalue weighted by molar-refractivity contribution is 6.29. The maximum absolute atomic E-state index is 5.29. The normalized spacial score (nSPS) is 16.7. The van der Waals surface area contributed by atoms with Gasteiger partial charge in [0, 0.05) is 44.3 Å². The average Bonchev–Trinajstić information content (AvgIpc) is 3.86. The number of allylic oxidation sites excluding steroid dienone is 4. The molecule has 2 aliphatic rings. The molecule has 5 heteroatoms. The van der Waals surface area contributed by atoms with Crippen LogP contribution in [0.5, 0.6) is 0 Å². The van der Waals surface area contributed by atoms with Crippen LogP contribution < -0.4 is 0 Å². The van der Waals surface area contributed by atoms with Crippen molar-refractivity contribution >= 4 is 49.3 Å². The molecule has 0 N–H and O–H groups in total. The van der Waals surface area contributed by atoms with Crippen LogP contribution in [0.1, 0.15) is 69.6 Å². The monoisotopic (exact) mass is 827 g/mol. The third kappa shape index (κ3) is 6.17. The fourth-order valence-electron chi connectivity index (χ4n) is 10.6. The van der Waals surface area contributed by atoms with Crippen LogP contribution in [0.4, 0.5) is 0 Å². The smallest absolute Gasteiger partial charge is 0.238 e. The Kier molecular flexibility index (Phi) is 8.74. The van der Waals surface area contributed by atoms with E-state index in [0.717, 1.165) is 39.5 Å². The molecule has 7 aromatic carbocycles. The van der Waals surface area contributed by atoms with Gasteiger partial charge in [0.25, 0.3) is 0 Å². The summed E-state index contributed by atoms with van der Waals surface area (Å²) in [6, 6.07) is 58.8. The van der Waals surface area contributed by atoms with Gasteiger partial charge in [0.2, 0.25) is 5.95 Å². The number of fused-ring (bicyclic) bond motifs is 8. The molecule has 0 saturated carbocycles. The van der Waals surface area contributed by atoms with E-state index in [1.54, 1.807) is 0 Å². The van der Waals surface area contributed by atoms with Crippen LogP contribution in [-0.2, 0) is 10.8 Å². The maximum Gasteiger partial charge on any atom is 0.238 e. The topological polar surface area (TPSA) is 48.5 Å². The second-order valence-electron chi connectivity index (χ2n) is 19.1. The lowest BCUT2D eigenvalue weighted by Gasteiger charge is -2.42. The first-order chi connectivity index (χ1) is 31.2. The van der Waals surface area contributed by atoms with Crippen molar-refractivity contribution in [3.63, 3.8) is 0 Å². The average molecular weight is 828 g/mol. The molecule has 0 bridgehead atoms. The van der Waals surface area contributed by atoms with E-state index in [1.807, 2.05) is 24.3 Å². The molecule has 5 nitrogen and oxygen atoms in total. The highest BCUT2D eigenvalue weighted by Gasteiger charge is 2.37. The number of hydrogen-bond donors (Lipinski definition) is 0. The molecule has 64 heavy (non-hydrogen) atoms. The van der Waals surface area contributed by atoms with E-state index in [-0.39, 0.29) is 16.7 Å². The van der Waals surface area contributed by atoms with Crippen LogP contribution in [0, 0.1) is 0 Å². The zero-order valence-electron chi connectivity index (χ0n) is 36.8. The molecular formula is C59H49N5. The Balaban J connectivity index is 1.04. The molecule has 12 rings (SSSR count). The third-order valence-corrected chi connectivity index (χ3v) is 14.2. The van der Waals surface area contributed by atoms with Crippen molar-refractivity contribution in [2.75, 3.05) is 0 Å². The lowest BCUT2D eigenvalue weighted by molar-refractivity contribution is 0.331. The quantitative estimate of drug-likeness (QED) is 0.168. The van der Waals surface area contributed by atoms with E-state index in [0.29, 0.717) is 17.6 Å². The van der Waals surface area contributed by atoms with E-state index in [9.17, 15) is 0 Å². The molecule has 1 unspecified atom stereocenters. The Labute approximate surface area is 374 Å². The van der Waals surface area contributed by atoms with Gasteiger partial charge in [-0.2, -0.15) is 9.97 Å². The summed E-state index contributed by atoms with van der Waals surface area (Å²) in [5.74, 6) is 2.12. The summed E-state index contributed by atoms with van der Waals surface area (Å²) >= 11 is 0. The second kappa shape index (κ2) is 14.6. The van der Waals surface area contributed by atoms with Gasteiger partial charge in [-0.3, -0.25) is 4.57 Å². The molecule has 3 aromatic heterocycles. The largest absolute Gasteiger partial charge is 0.310 e. The summed E-state index contributed by atoms with van der Waals surface area (Å²) in [6.07, 6.45) is 10.6. The van der Waals surface area contributed by atoms with E-state index >= 15 is 0 Å². The van der Waals surface area contributed by atoms with Gasteiger partial charge in [-0.15, -0.1) is 0 Å². The molecule has 0 aliphatic heterocycles. The molecular weight excluding hydrogens is 779 g/mol. The minimum atomic E-state index is 0.162. The lowest BCUT2D eigenvalue weighted by Crippen LogP contribution is -2.34. The number of rotatable bonds is 6. The van der Waals surface area contributed by atoms with Crippen LogP contribution in [0.2, 0.25) is 0 Å². The van der Waals surface area contributed by atoms with Crippen molar-refractivity contribution in [3.8, 4) is 39.9 Å². The van der Waals surface area contributed by atoms with Gasteiger partial charge in [0.05, 0.1) is 22.1 Å². The molecule has 10 aromatic rings. The van der Waals surface area contributed by atoms with Gasteiger partial charge in [-0.05, 0) is 88.3 Å². The minimum Gasteiger partial charge on any atom is -0.310 e. The van der Waals surface area contributed by atoms with Crippen molar-refractivity contribution in [2.45, 2.75) is 63.7 Å². The van der Waals surface area contributed by atoms with Gasteiger partial charge in [0.15, 0.2) is 11.6 Å². The Bertz CT molecular complexity index is 3510. The molecule has 310 valence electrons. The van der Waals surface area contributed by atoms with E-state index in [2.05, 4.69) is 195 Å². The summed E-state index contributed by atoms with van der Waals surface area (Å²) in [5.41, 5.74) is 14.7. The fraction of sp³-hybridized carbons (Fsp3) is 0.169. The molecule has 0 spiro atoms. The number of hydrogen-bond acceptors (Lipinski definition) is 3. The van der Waals surface area contributed by atoms with Crippen molar-refractivity contribution in [3.05, 3.63) is 199 Å². The summed E-state index contributed by atoms with van der Waals surface area (Å²) in [6.45, 7) is 9.67. The molecule has 0 radical (unpaired) electrons. The van der Waals surface area contributed by atoms with Crippen LogP contribution in [0.25, 0.3) is 89.2 Å². The van der Waals surface area contributed by atoms with E-state index in [4.69, 9.17) is 15.0 Å². The van der Waals surface area contributed by atoms with Crippen LogP contribution in [0.15, 0.2) is 182 Å². The summed E-state index contributed by atoms with van der Waals surface area (Å²) in [7, 11) is 0. The Morgan fingerprint density at radius 3 is 1.64 bits per heavy atom. The Morgan fingerprint density at radius 2 is 0.984 bits per heavy atom. The molecule has 1 atom stereocenters. The van der Waals surface area contributed by atoms with Gasteiger partial charge in [-0.25, -0.2) is 4.98 Å². The maximum atomic E-state index is 5.29. The molecule has 0 amide bonds. The lowest BCUT2D eigenvalue weighted by atomic mass is 9.62. The van der Waals surface area contributed by atoms with Crippen molar-refractivity contribution in [1.29, 1.82) is 0 Å². The number of para-hydroxylation sites is 2. The predicted molar refractivity (Wildman–Crippen MR) is 266 cm³/mol. The highest BCUT2D eigenvalue weighted by Crippen LogP contribution is 2.48. The second-order valence-corrected chi connectivity index (χ2v) is 19.1. The number of benzene rings is 7. The van der Waals surface area contributed by atoms with E-state index < -0.39 is 0 Å². The number of nitrogens with zero attached hydrogens (tertiary/aromatic N) is 5. The first-order valence-corrected chi connectivity index (χ1v) is 22.7. The first-order valence-electron chi connectivity index (χ1n) is 22.7. The minimum absolute atomic E-state index is 0.162. The summed E-state index contributed by atoms with van der Waals surface area (Å²) < 4.78 is 4.72. The van der Waals surface area contributed by atoms with Crippen LogP contribution in [-0.4, -0.2) is 24.1 Å². The predicted octanol–water partition coefficient (Wildman–Crippen LogP) is 15.0. The standard InChI is InChI=1S/C59H49N5/c1-58(2)34-35-59(3,4)48-37-43(30-31-47(48)58)42-20-15-21-44(36-42)63-49-24-13-11-22-45(49)53-51(63)32-33-52-54(53)46-23-12-14-25-50(46)64(52)57-61-55(40-18-9-6-10-19-40)60-56(62-57)41-28-26-39(27-29-41)38-16-7-5-8-17-38/h5-19,21-33,36-37,42H,20,34-35H2,1-4H3. The van der Waals surface area contributed by atoms with Crippen molar-refractivity contribution < 1.29 is 0 Å². The summed E-state index contributed by atoms with van der Waals surface area (Å²) in [5, 5.41) is 4.80. The van der Waals surface area contributed by atoms with Crippen LogP contribution in [0.3, 0.4) is 0 Å². The van der Waals surface area contributed by atoms with Crippen LogP contribution >= 0.6 is 0 Å². The first kappa shape index (κ1) is 38.3. The Hall–Kier alpha value is -7.37. The zero-order valence-corrected chi connectivity index (χ0v) is 36.8. The number of aromatic nitrogens is 5. The third-order valence-electron chi connectivity index (χ3n) is 14.2. The van der Waals surface area contributed by atoms with Gasteiger partial charge >= 0.3 is 0 Å². The van der Waals surface area contributed by atoms with Crippen molar-refractivity contribution in [2.24, 2.45) is 0 Å². The van der Waals surface area contributed by atoms with E-state index in [1.165, 1.54) is 68.0 Å².